The highest BCUT2D eigenvalue weighted by molar-refractivity contribution is 7.15. The van der Waals surface area contributed by atoms with Crippen LogP contribution in [0.5, 0.6) is 5.75 Å². The number of hydrogen-bond acceptors (Lipinski definition) is 6. The third-order valence-corrected chi connectivity index (χ3v) is 4.77. The summed E-state index contributed by atoms with van der Waals surface area (Å²) in [5, 5.41) is 1.16. The summed E-state index contributed by atoms with van der Waals surface area (Å²) in [6.07, 6.45) is 1.81. The number of halogens is 1. The van der Waals surface area contributed by atoms with Gasteiger partial charge in [0.15, 0.2) is 12.4 Å². The maximum Gasteiger partial charge on any atom is 0.311 e. The van der Waals surface area contributed by atoms with Crippen LogP contribution < -0.4 is 9.64 Å². The fraction of sp³-hybridized carbons (Fsp3) is 0.312. The summed E-state index contributed by atoms with van der Waals surface area (Å²) in [5.74, 6) is 0.138. The molecule has 0 N–H and O–H groups in total. The number of benzene rings is 1. The van der Waals surface area contributed by atoms with E-state index >= 15 is 0 Å². The van der Waals surface area contributed by atoms with Gasteiger partial charge in [0.05, 0.1) is 24.3 Å². The Morgan fingerprint density at radius 2 is 2.29 bits per heavy atom. The minimum absolute atomic E-state index is 0.0286. The smallest absolute Gasteiger partial charge is 0.311 e. The van der Waals surface area contributed by atoms with Crippen molar-refractivity contribution >= 4 is 40.5 Å². The standard InChI is InChI=1S/C16H15ClN2O4S/c1-3-22-14(21)6-10-7-18-16(24-10)11-4-9(17)5-12-15(11)23-8-13(20)19(12)2/h4-5,7H,3,6,8H2,1-2H3. The van der Waals surface area contributed by atoms with Crippen molar-refractivity contribution in [1.82, 2.24) is 4.98 Å². The number of likely N-dealkylation sites (N-methyl/N-ethyl adjacent to an activating group) is 1. The van der Waals surface area contributed by atoms with Gasteiger partial charge in [-0.3, -0.25) is 9.59 Å². The fourth-order valence-electron chi connectivity index (χ4n) is 2.37. The summed E-state index contributed by atoms with van der Waals surface area (Å²) in [6.45, 7) is 2.09. The first-order valence-electron chi connectivity index (χ1n) is 7.33. The first-order valence-corrected chi connectivity index (χ1v) is 8.52. The van der Waals surface area contributed by atoms with E-state index in [1.807, 2.05) is 0 Å². The van der Waals surface area contributed by atoms with Gasteiger partial charge in [-0.15, -0.1) is 11.3 Å². The predicted octanol–water partition coefficient (Wildman–Crippen LogP) is 2.92. The van der Waals surface area contributed by atoms with Crippen LogP contribution in [0.2, 0.25) is 5.02 Å². The number of aromatic nitrogens is 1. The highest BCUT2D eigenvalue weighted by Crippen LogP contribution is 2.43. The topological polar surface area (TPSA) is 68.7 Å². The number of hydrogen-bond donors (Lipinski definition) is 0. The molecule has 0 fully saturated rings. The molecule has 0 bridgehead atoms. The van der Waals surface area contributed by atoms with E-state index in [1.165, 1.54) is 16.2 Å². The number of esters is 1. The molecule has 1 amide bonds. The molecule has 24 heavy (non-hydrogen) atoms. The van der Waals surface area contributed by atoms with Crippen molar-refractivity contribution in [3.63, 3.8) is 0 Å². The zero-order valence-electron chi connectivity index (χ0n) is 13.2. The molecule has 1 aliphatic heterocycles. The quantitative estimate of drug-likeness (QED) is 0.778. The number of carbonyl (C=O) groups is 2. The Labute approximate surface area is 148 Å². The second kappa shape index (κ2) is 6.78. The Bertz CT molecular complexity index is 805. The van der Waals surface area contributed by atoms with E-state index in [9.17, 15) is 9.59 Å². The van der Waals surface area contributed by atoms with Crippen LogP contribution >= 0.6 is 22.9 Å². The van der Waals surface area contributed by atoms with E-state index in [1.54, 1.807) is 32.3 Å². The number of amides is 1. The van der Waals surface area contributed by atoms with Crippen LogP contribution in [-0.4, -0.2) is 37.1 Å². The lowest BCUT2D eigenvalue weighted by Crippen LogP contribution is -2.35. The van der Waals surface area contributed by atoms with Crippen molar-refractivity contribution in [1.29, 1.82) is 0 Å². The van der Waals surface area contributed by atoms with Crippen LogP contribution in [0.4, 0.5) is 5.69 Å². The Morgan fingerprint density at radius 1 is 1.50 bits per heavy atom. The van der Waals surface area contributed by atoms with Gasteiger partial charge in [0.25, 0.3) is 5.91 Å². The van der Waals surface area contributed by atoms with Crippen molar-refractivity contribution in [3.8, 4) is 16.3 Å². The highest BCUT2D eigenvalue weighted by Gasteiger charge is 2.27. The Kier molecular flexibility index (Phi) is 4.73. The van der Waals surface area contributed by atoms with Crippen molar-refractivity contribution in [3.05, 3.63) is 28.2 Å². The average molecular weight is 367 g/mol. The average Bonchev–Trinajstić information content (AvgIpc) is 2.99. The van der Waals surface area contributed by atoms with Crippen molar-refractivity contribution in [2.45, 2.75) is 13.3 Å². The summed E-state index contributed by atoms with van der Waals surface area (Å²) >= 11 is 7.56. The van der Waals surface area contributed by atoms with Crippen LogP contribution in [0.1, 0.15) is 11.8 Å². The van der Waals surface area contributed by atoms with Gasteiger partial charge >= 0.3 is 5.97 Å². The molecule has 0 spiro atoms. The van der Waals surface area contributed by atoms with Gasteiger partial charge in [0, 0.05) is 23.1 Å². The molecule has 0 atom stereocenters. The largest absolute Gasteiger partial charge is 0.481 e. The second-order valence-corrected chi connectivity index (χ2v) is 6.71. The van der Waals surface area contributed by atoms with Gasteiger partial charge in [-0.2, -0.15) is 0 Å². The molecule has 8 heteroatoms. The van der Waals surface area contributed by atoms with Crippen molar-refractivity contribution < 1.29 is 19.1 Å². The van der Waals surface area contributed by atoms with Crippen LogP contribution in [0.15, 0.2) is 18.3 Å². The fourth-order valence-corrected chi connectivity index (χ4v) is 3.50. The Morgan fingerprint density at radius 3 is 3.04 bits per heavy atom. The molecule has 0 aliphatic carbocycles. The first-order chi connectivity index (χ1) is 11.5. The normalized spacial score (nSPS) is 13.5. The van der Waals surface area contributed by atoms with Gasteiger partial charge in [-0.25, -0.2) is 4.98 Å². The summed E-state index contributed by atoms with van der Waals surface area (Å²) in [4.78, 5) is 30.1. The lowest BCUT2D eigenvalue weighted by Gasteiger charge is -2.27. The minimum Gasteiger partial charge on any atom is -0.481 e. The van der Waals surface area contributed by atoms with E-state index in [0.29, 0.717) is 33.6 Å². The molecule has 2 aromatic rings. The monoisotopic (exact) mass is 366 g/mol. The molecule has 1 aliphatic rings. The van der Waals surface area contributed by atoms with Gasteiger partial charge in [-0.05, 0) is 19.1 Å². The van der Waals surface area contributed by atoms with E-state index in [4.69, 9.17) is 21.1 Å². The number of fused-ring (bicyclic) bond motifs is 1. The second-order valence-electron chi connectivity index (χ2n) is 5.16. The zero-order valence-corrected chi connectivity index (χ0v) is 14.7. The predicted molar refractivity (Wildman–Crippen MR) is 91.8 cm³/mol. The molecule has 126 valence electrons. The van der Waals surface area contributed by atoms with Crippen LogP contribution in [0, 0.1) is 0 Å². The lowest BCUT2D eigenvalue weighted by molar-refractivity contribution is -0.142. The molecule has 0 radical (unpaired) electrons. The summed E-state index contributed by atoms with van der Waals surface area (Å²) in [6, 6.07) is 3.43. The number of rotatable bonds is 4. The molecule has 3 rings (SSSR count). The first kappa shape index (κ1) is 16.7. The number of thiazole rings is 1. The van der Waals surface area contributed by atoms with Gasteiger partial charge in [-0.1, -0.05) is 11.6 Å². The van der Waals surface area contributed by atoms with Gasteiger partial charge in [0.1, 0.15) is 5.01 Å². The Hall–Kier alpha value is -2.12. The van der Waals surface area contributed by atoms with Gasteiger partial charge < -0.3 is 14.4 Å². The third kappa shape index (κ3) is 3.22. The maximum atomic E-state index is 11.8. The third-order valence-electron chi connectivity index (χ3n) is 3.52. The molecule has 1 aromatic carbocycles. The molecular formula is C16H15ClN2O4S. The lowest BCUT2D eigenvalue weighted by atomic mass is 10.1. The van der Waals surface area contributed by atoms with E-state index in [0.717, 1.165) is 4.88 Å². The van der Waals surface area contributed by atoms with Crippen molar-refractivity contribution in [2.24, 2.45) is 0 Å². The number of ether oxygens (including phenoxy) is 2. The SMILES string of the molecule is CCOC(=O)Cc1cnc(-c2cc(Cl)cc3c2OCC(=O)N3C)s1. The molecular weight excluding hydrogens is 352 g/mol. The summed E-state index contributed by atoms with van der Waals surface area (Å²) in [5.41, 5.74) is 1.31. The van der Waals surface area contributed by atoms with Crippen molar-refractivity contribution in [2.75, 3.05) is 25.2 Å². The molecule has 6 nitrogen and oxygen atoms in total. The highest BCUT2D eigenvalue weighted by atomic mass is 35.5. The number of nitrogens with zero attached hydrogens (tertiary/aromatic N) is 2. The molecule has 0 saturated heterocycles. The van der Waals surface area contributed by atoms with E-state index < -0.39 is 0 Å². The molecule has 0 unspecified atom stereocenters. The zero-order chi connectivity index (χ0) is 17.3. The summed E-state index contributed by atoms with van der Waals surface area (Å²) < 4.78 is 10.5. The minimum atomic E-state index is -0.289. The number of carbonyl (C=O) groups excluding carboxylic acids is 2. The maximum absolute atomic E-state index is 11.8. The van der Waals surface area contributed by atoms with E-state index in [2.05, 4.69) is 4.98 Å². The molecule has 2 heterocycles. The van der Waals surface area contributed by atoms with Crippen LogP contribution in [0.3, 0.4) is 0 Å². The molecule has 0 saturated carbocycles. The van der Waals surface area contributed by atoms with Crippen LogP contribution in [-0.2, 0) is 20.7 Å². The van der Waals surface area contributed by atoms with Gasteiger partial charge in [0.2, 0.25) is 0 Å². The van der Waals surface area contributed by atoms with Crippen LogP contribution in [0.25, 0.3) is 10.6 Å². The molecule has 1 aromatic heterocycles. The Balaban J connectivity index is 1.96. The van der Waals surface area contributed by atoms with E-state index in [-0.39, 0.29) is 24.9 Å². The number of anilines is 1. The summed E-state index contributed by atoms with van der Waals surface area (Å²) in [7, 11) is 1.68.